The van der Waals surface area contributed by atoms with Crippen LogP contribution in [0.5, 0.6) is 0 Å². The topological polar surface area (TPSA) is 49.9 Å². The lowest BCUT2D eigenvalue weighted by Crippen LogP contribution is -2.44. The fourth-order valence-electron chi connectivity index (χ4n) is 3.45. The van der Waals surface area contributed by atoms with Crippen LogP contribution in [0.2, 0.25) is 0 Å². The van der Waals surface area contributed by atoms with Gasteiger partial charge in [0.1, 0.15) is 4.21 Å². The summed E-state index contributed by atoms with van der Waals surface area (Å²) in [5, 5.41) is 1.83. The number of hydrogen-bond acceptors (Lipinski definition) is 5. The zero-order chi connectivity index (χ0) is 16.1. The van der Waals surface area contributed by atoms with Crippen LogP contribution < -0.4 is 0 Å². The fraction of sp³-hybridized carbons (Fsp3) is 0.750. The molecule has 2 aliphatic heterocycles. The van der Waals surface area contributed by atoms with Gasteiger partial charge in [0.25, 0.3) is 10.0 Å². The number of ether oxygens (including phenoxy) is 1. The van der Waals surface area contributed by atoms with Gasteiger partial charge in [-0.05, 0) is 63.2 Å². The Morgan fingerprint density at radius 1 is 1.26 bits per heavy atom. The highest BCUT2D eigenvalue weighted by molar-refractivity contribution is 7.91. The first-order chi connectivity index (χ1) is 11.2. The average molecular weight is 359 g/mol. The maximum absolute atomic E-state index is 13.0. The molecule has 3 rings (SSSR count). The Hall–Kier alpha value is -0.470. The first-order valence-electron chi connectivity index (χ1n) is 8.53. The summed E-state index contributed by atoms with van der Waals surface area (Å²) in [4.78, 5) is 2.44. The molecule has 23 heavy (non-hydrogen) atoms. The zero-order valence-corrected chi connectivity index (χ0v) is 15.2. The number of sulfonamides is 1. The van der Waals surface area contributed by atoms with Crippen molar-refractivity contribution in [2.24, 2.45) is 0 Å². The van der Waals surface area contributed by atoms with Crippen molar-refractivity contribution in [2.75, 3.05) is 39.4 Å². The molecule has 0 spiro atoms. The molecular formula is C16H26N2O3S2. The average Bonchev–Trinajstić information content (AvgIpc) is 3.25. The van der Waals surface area contributed by atoms with Gasteiger partial charge in [-0.15, -0.1) is 11.3 Å². The van der Waals surface area contributed by atoms with Gasteiger partial charge in [-0.25, -0.2) is 8.42 Å². The predicted molar refractivity (Wildman–Crippen MR) is 92.3 cm³/mol. The maximum atomic E-state index is 13.0. The molecule has 0 saturated carbocycles. The molecule has 0 bridgehead atoms. The first-order valence-corrected chi connectivity index (χ1v) is 10.9. The lowest BCUT2D eigenvalue weighted by atomic mass is 10.1. The van der Waals surface area contributed by atoms with Gasteiger partial charge in [-0.2, -0.15) is 4.31 Å². The van der Waals surface area contributed by atoms with Crippen molar-refractivity contribution < 1.29 is 13.2 Å². The van der Waals surface area contributed by atoms with Crippen LogP contribution in [0.15, 0.2) is 21.7 Å². The van der Waals surface area contributed by atoms with Crippen molar-refractivity contribution in [2.45, 2.75) is 42.4 Å². The second kappa shape index (κ2) is 8.07. The van der Waals surface area contributed by atoms with Crippen molar-refractivity contribution in [1.29, 1.82) is 0 Å². The predicted octanol–water partition coefficient (Wildman–Crippen LogP) is 2.40. The number of hydrogen-bond donors (Lipinski definition) is 0. The van der Waals surface area contributed by atoms with Crippen molar-refractivity contribution in [1.82, 2.24) is 9.21 Å². The Labute approximate surface area is 143 Å². The molecule has 7 heteroatoms. The molecule has 2 saturated heterocycles. The molecule has 2 aliphatic rings. The molecule has 130 valence electrons. The van der Waals surface area contributed by atoms with Crippen LogP contribution in [0, 0.1) is 0 Å². The Morgan fingerprint density at radius 2 is 2.00 bits per heavy atom. The molecule has 0 radical (unpaired) electrons. The molecule has 0 atom stereocenters. The van der Waals surface area contributed by atoms with Crippen LogP contribution in [0.25, 0.3) is 0 Å². The monoisotopic (exact) mass is 358 g/mol. The highest BCUT2D eigenvalue weighted by Gasteiger charge is 2.33. The molecule has 1 aromatic heterocycles. The highest BCUT2D eigenvalue weighted by Crippen LogP contribution is 2.26. The van der Waals surface area contributed by atoms with Crippen molar-refractivity contribution in [3.8, 4) is 0 Å². The second-order valence-corrected chi connectivity index (χ2v) is 9.36. The van der Waals surface area contributed by atoms with E-state index in [0.717, 1.165) is 38.9 Å². The third-order valence-corrected chi connectivity index (χ3v) is 8.03. The van der Waals surface area contributed by atoms with Crippen LogP contribution in [0.3, 0.4) is 0 Å². The second-order valence-electron chi connectivity index (χ2n) is 6.29. The Balaban J connectivity index is 1.68. The summed E-state index contributed by atoms with van der Waals surface area (Å²) in [5.74, 6) is 0. The molecule has 0 amide bonds. The summed E-state index contributed by atoms with van der Waals surface area (Å²) in [7, 11) is -3.38. The SMILES string of the molecule is O=S(=O)(c1cccs1)N(CCCN1CCCC1)C1CCOCC1. The molecule has 5 nitrogen and oxygen atoms in total. The van der Waals surface area contributed by atoms with E-state index in [9.17, 15) is 8.42 Å². The molecule has 2 fully saturated rings. The maximum Gasteiger partial charge on any atom is 0.252 e. The quantitative estimate of drug-likeness (QED) is 0.751. The number of rotatable bonds is 7. The minimum atomic E-state index is -3.38. The van der Waals surface area contributed by atoms with Gasteiger partial charge < -0.3 is 9.64 Å². The standard InChI is InChI=1S/C16H26N2O3S2/c19-23(20,16-5-3-14-22-16)18(15-6-12-21-13-7-15)11-4-10-17-8-1-2-9-17/h3,5,14-15H,1-2,4,6-13H2. The summed E-state index contributed by atoms with van der Waals surface area (Å²) >= 11 is 1.31. The van der Waals surface area contributed by atoms with Gasteiger partial charge in [-0.1, -0.05) is 6.07 Å². The van der Waals surface area contributed by atoms with E-state index in [4.69, 9.17) is 4.74 Å². The van der Waals surface area contributed by atoms with Gasteiger partial charge in [0, 0.05) is 25.8 Å². The van der Waals surface area contributed by atoms with Crippen LogP contribution in [-0.2, 0) is 14.8 Å². The van der Waals surface area contributed by atoms with Gasteiger partial charge >= 0.3 is 0 Å². The summed E-state index contributed by atoms with van der Waals surface area (Å²) in [6, 6.07) is 3.60. The van der Waals surface area contributed by atoms with E-state index in [-0.39, 0.29) is 6.04 Å². The lowest BCUT2D eigenvalue weighted by Gasteiger charge is -2.33. The molecule has 1 aromatic rings. The van der Waals surface area contributed by atoms with Gasteiger partial charge in [-0.3, -0.25) is 0 Å². The van der Waals surface area contributed by atoms with Gasteiger partial charge in [0.05, 0.1) is 0 Å². The summed E-state index contributed by atoms with van der Waals surface area (Å²) in [6.45, 7) is 5.26. The molecule has 0 aliphatic carbocycles. The van der Waals surface area contributed by atoms with E-state index >= 15 is 0 Å². The molecular weight excluding hydrogens is 332 g/mol. The smallest absolute Gasteiger partial charge is 0.252 e. The van der Waals surface area contributed by atoms with Crippen LogP contribution in [0.1, 0.15) is 32.1 Å². The van der Waals surface area contributed by atoms with Gasteiger partial charge in [0.15, 0.2) is 0 Å². The number of thiophene rings is 1. The van der Waals surface area contributed by atoms with Crippen LogP contribution in [0.4, 0.5) is 0 Å². The summed E-state index contributed by atoms with van der Waals surface area (Å²) in [5.41, 5.74) is 0. The summed E-state index contributed by atoms with van der Waals surface area (Å²) < 4.78 is 33.6. The Kier molecular flexibility index (Phi) is 6.09. The van der Waals surface area contributed by atoms with E-state index in [2.05, 4.69) is 4.90 Å². The minimum absolute atomic E-state index is 0.0782. The number of nitrogens with zero attached hydrogens (tertiary/aromatic N) is 2. The van der Waals surface area contributed by atoms with Crippen molar-refractivity contribution >= 4 is 21.4 Å². The molecule has 0 N–H and O–H groups in total. The Bertz CT molecular complexity index is 562. The largest absolute Gasteiger partial charge is 0.381 e. The third kappa shape index (κ3) is 4.33. The molecule has 0 unspecified atom stereocenters. The minimum Gasteiger partial charge on any atom is -0.381 e. The van der Waals surface area contributed by atoms with Gasteiger partial charge in [0.2, 0.25) is 0 Å². The normalized spacial score (nSPS) is 21.3. The lowest BCUT2D eigenvalue weighted by molar-refractivity contribution is 0.0578. The van der Waals surface area contributed by atoms with E-state index < -0.39 is 10.0 Å². The first kappa shape index (κ1) is 17.4. The van der Waals surface area contributed by atoms with E-state index in [1.165, 1.54) is 24.2 Å². The van der Waals surface area contributed by atoms with Crippen molar-refractivity contribution in [3.63, 3.8) is 0 Å². The van der Waals surface area contributed by atoms with E-state index in [1.807, 2.05) is 11.4 Å². The highest BCUT2D eigenvalue weighted by atomic mass is 32.2. The van der Waals surface area contributed by atoms with Crippen LogP contribution >= 0.6 is 11.3 Å². The third-order valence-electron chi connectivity index (χ3n) is 4.71. The van der Waals surface area contributed by atoms with Crippen molar-refractivity contribution in [3.05, 3.63) is 17.5 Å². The Morgan fingerprint density at radius 3 is 2.65 bits per heavy atom. The van der Waals surface area contributed by atoms with E-state index in [1.54, 1.807) is 10.4 Å². The molecule has 0 aromatic carbocycles. The summed E-state index contributed by atoms with van der Waals surface area (Å²) in [6.07, 6.45) is 5.05. The number of likely N-dealkylation sites (tertiary alicyclic amines) is 1. The fourth-order valence-corrected chi connectivity index (χ4v) is 6.30. The zero-order valence-electron chi connectivity index (χ0n) is 13.5. The molecule has 3 heterocycles. The van der Waals surface area contributed by atoms with Crippen LogP contribution in [-0.4, -0.2) is 63.1 Å². The van der Waals surface area contributed by atoms with E-state index in [0.29, 0.717) is 24.0 Å².